The standard InChI is InChI=1S/C25H29N3O7/c1-4-34-23(29)21-19(27-26-17-11-13-18(14-12-17)28(32)33)15-25(3,31)22(24(30)35-5-2)20(21)16-9-7-6-8-10-16/h6-14,20-22,26,31H,4-5,15H2,1-3H3/b27-19+. The van der Waals surface area contributed by atoms with E-state index in [1.165, 1.54) is 31.2 Å². The summed E-state index contributed by atoms with van der Waals surface area (Å²) < 4.78 is 10.6. The van der Waals surface area contributed by atoms with Crippen LogP contribution in [0, 0.1) is 22.0 Å². The van der Waals surface area contributed by atoms with Gasteiger partial charge in [-0.3, -0.25) is 25.1 Å². The van der Waals surface area contributed by atoms with Crippen LogP contribution in [0.5, 0.6) is 0 Å². The lowest BCUT2D eigenvalue weighted by atomic mass is 9.61. The zero-order valence-corrected chi connectivity index (χ0v) is 19.8. The number of hydrogen-bond donors (Lipinski definition) is 2. The number of nitrogens with one attached hydrogen (secondary N) is 1. The largest absolute Gasteiger partial charge is 0.466 e. The molecule has 1 fully saturated rings. The Morgan fingerprint density at radius 2 is 1.69 bits per heavy atom. The maximum atomic E-state index is 13.2. The first-order valence-corrected chi connectivity index (χ1v) is 11.4. The maximum absolute atomic E-state index is 13.2. The highest BCUT2D eigenvalue weighted by atomic mass is 16.6. The van der Waals surface area contributed by atoms with E-state index >= 15 is 0 Å². The fraction of sp³-hybridized carbons (Fsp3) is 0.400. The van der Waals surface area contributed by atoms with Gasteiger partial charge in [-0.05, 0) is 38.5 Å². The van der Waals surface area contributed by atoms with Crippen LogP contribution in [0.25, 0.3) is 0 Å². The van der Waals surface area contributed by atoms with Crippen LogP contribution in [-0.2, 0) is 19.1 Å². The quantitative estimate of drug-likeness (QED) is 0.329. The lowest BCUT2D eigenvalue weighted by Gasteiger charge is -2.45. The SMILES string of the molecule is CCOC(=O)C1/C(=N/Nc2ccc([N+](=O)[O-])cc2)CC(C)(O)C(C(=O)OCC)C1c1ccccc1. The third kappa shape index (κ3) is 5.83. The molecule has 0 heterocycles. The number of aliphatic hydroxyl groups is 1. The molecule has 3 rings (SSSR count). The molecule has 10 nitrogen and oxygen atoms in total. The number of carbonyl (C=O) groups is 2. The van der Waals surface area contributed by atoms with Crippen molar-refractivity contribution in [2.24, 2.45) is 16.9 Å². The number of nitro benzene ring substituents is 1. The second kappa shape index (κ2) is 11.1. The number of anilines is 1. The van der Waals surface area contributed by atoms with Crippen molar-refractivity contribution in [1.82, 2.24) is 0 Å². The molecule has 4 atom stereocenters. The van der Waals surface area contributed by atoms with Crippen LogP contribution in [0.3, 0.4) is 0 Å². The summed E-state index contributed by atoms with van der Waals surface area (Å²) in [6.07, 6.45) is -0.0940. The van der Waals surface area contributed by atoms with E-state index in [4.69, 9.17) is 9.47 Å². The predicted molar refractivity (Wildman–Crippen MR) is 129 cm³/mol. The topological polar surface area (TPSA) is 140 Å². The van der Waals surface area contributed by atoms with Crippen molar-refractivity contribution in [3.8, 4) is 0 Å². The number of benzene rings is 2. The molecule has 0 aliphatic heterocycles. The monoisotopic (exact) mass is 483 g/mol. The van der Waals surface area contributed by atoms with Crippen LogP contribution in [0.1, 0.15) is 38.7 Å². The van der Waals surface area contributed by atoms with E-state index in [2.05, 4.69) is 10.5 Å². The van der Waals surface area contributed by atoms with Gasteiger partial charge >= 0.3 is 11.9 Å². The number of hydrazone groups is 1. The van der Waals surface area contributed by atoms with Crippen molar-refractivity contribution >= 4 is 29.0 Å². The molecule has 2 aromatic carbocycles. The number of rotatable bonds is 8. The molecule has 2 N–H and O–H groups in total. The highest BCUT2D eigenvalue weighted by Crippen LogP contribution is 2.47. The molecule has 0 spiro atoms. The molecule has 0 radical (unpaired) electrons. The summed E-state index contributed by atoms with van der Waals surface area (Å²) >= 11 is 0. The summed E-state index contributed by atoms with van der Waals surface area (Å²) in [5, 5.41) is 26.7. The molecular formula is C25H29N3O7. The molecule has 0 aromatic heterocycles. The first-order valence-electron chi connectivity index (χ1n) is 11.4. The molecule has 0 saturated heterocycles. The van der Waals surface area contributed by atoms with E-state index in [-0.39, 0.29) is 25.3 Å². The highest BCUT2D eigenvalue weighted by Gasteiger charge is 2.56. The van der Waals surface area contributed by atoms with Crippen molar-refractivity contribution in [3.05, 3.63) is 70.3 Å². The Labute approximate surface area is 203 Å². The van der Waals surface area contributed by atoms with Crippen LogP contribution in [0.2, 0.25) is 0 Å². The van der Waals surface area contributed by atoms with E-state index in [1.54, 1.807) is 38.1 Å². The fourth-order valence-corrected chi connectivity index (χ4v) is 4.48. The highest BCUT2D eigenvalue weighted by molar-refractivity contribution is 6.06. The van der Waals surface area contributed by atoms with Crippen molar-refractivity contribution in [3.63, 3.8) is 0 Å². The van der Waals surface area contributed by atoms with Crippen LogP contribution < -0.4 is 5.43 Å². The molecule has 0 bridgehead atoms. The Kier molecular flexibility index (Phi) is 8.18. The number of carbonyl (C=O) groups excluding carboxylic acids is 2. The molecular weight excluding hydrogens is 454 g/mol. The van der Waals surface area contributed by atoms with E-state index in [9.17, 15) is 24.8 Å². The van der Waals surface area contributed by atoms with Gasteiger partial charge in [0.15, 0.2) is 0 Å². The minimum atomic E-state index is -1.58. The smallest absolute Gasteiger partial charge is 0.315 e. The zero-order valence-electron chi connectivity index (χ0n) is 19.8. The van der Waals surface area contributed by atoms with Gasteiger partial charge in [0.25, 0.3) is 5.69 Å². The van der Waals surface area contributed by atoms with Gasteiger partial charge in [-0.2, -0.15) is 5.10 Å². The lowest BCUT2D eigenvalue weighted by Crippen LogP contribution is -2.55. The summed E-state index contributed by atoms with van der Waals surface area (Å²) in [7, 11) is 0. The Morgan fingerprint density at radius 1 is 1.09 bits per heavy atom. The van der Waals surface area contributed by atoms with Gasteiger partial charge in [0.05, 0.1) is 41.1 Å². The van der Waals surface area contributed by atoms with Crippen molar-refractivity contribution in [2.75, 3.05) is 18.6 Å². The lowest BCUT2D eigenvalue weighted by molar-refractivity contribution is -0.384. The number of ether oxygens (including phenoxy) is 2. The maximum Gasteiger partial charge on any atom is 0.315 e. The van der Waals surface area contributed by atoms with Gasteiger partial charge in [-0.1, -0.05) is 30.3 Å². The third-order valence-corrected chi connectivity index (χ3v) is 5.96. The fourth-order valence-electron chi connectivity index (χ4n) is 4.48. The predicted octanol–water partition coefficient (Wildman–Crippen LogP) is 3.66. The number of esters is 2. The molecule has 1 aliphatic carbocycles. The van der Waals surface area contributed by atoms with Gasteiger partial charge in [0.1, 0.15) is 5.92 Å². The van der Waals surface area contributed by atoms with Crippen LogP contribution in [0.4, 0.5) is 11.4 Å². The van der Waals surface area contributed by atoms with E-state index in [1.807, 2.05) is 6.07 Å². The number of non-ortho nitro benzene ring substituents is 1. The number of hydrogen-bond acceptors (Lipinski definition) is 9. The Balaban J connectivity index is 2.09. The minimum Gasteiger partial charge on any atom is -0.466 e. The molecule has 0 amide bonds. The summed E-state index contributed by atoms with van der Waals surface area (Å²) in [6, 6.07) is 14.6. The summed E-state index contributed by atoms with van der Waals surface area (Å²) in [4.78, 5) is 36.7. The van der Waals surface area contributed by atoms with E-state index in [0.717, 1.165) is 0 Å². The molecule has 2 aromatic rings. The van der Waals surface area contributed by atoms with Crippen molar-refractivity contribution < 1.29 is 29.1 Å². The average Bonchev–Trinajstić information content (AvgIpc) is 2.82. The normalized spacial score (nSPS) is 25.0. The molecule has 1 saturated carbocycles. The van der Waals surface area contributed by atoms with Gasteiger partial charge in [0, 0.05) is 24.5 Å². The second-order valence-corrected chi connectivity index (χ2v) is 8.45. The Bertz CT molecular complexity index is 1080. The zero-order chi connectivity index (χ0) is 25.6. The van der Waals surface area contributed by atoms with Crippen LogP contribution in [0.15, 0.2) is 59.7 Å². The summed E-state index contributed by atoms with van der Waals surface area (Å²) in [6.45, 7) is 5.13. The minimum absolute atomic E-state index is 0.0744. The van der Waals surface area contributed by atoms with Gasteiger partial charge in [-0.15, -0.1) is 0 Å². The molecule has 1 aliphatic rings. The summed E-state index contributed by atoms with van der Waals surface area (Å²) in [5.41, 5.74) is 2.57. The Morgan fingerprint density at radius 3 is 2.26 bits per heavy atom. The number of nitro groups is 1. The van der Waals surface area contributed by atoms with Crippen molar-refractivity contribution in [1.29, 1.82) is 0 Å². The third-order valence-electron chi connectivity index (χ3n) is 5.96. The molecule has 10 heteroatoms. The van der Waals surface area contributed by atoms with Gasteiger partial charge < -0.3 is 14.6 Å². The van der Waals surface area contributed by atoms with Crippen LogP contribution in [-0.4, -0.2) is 46.5 Å². The first-order chi connectivity index (χ1) is 16.7. The molecule has 4 unspecified atom stereocenters. The molecule has 186 valence electrons. The Hall–Kier alpha value is -3.79. The van der Waals surface area contributed by atoms with Crippen LogP contribution >= 0.6 is 0 Å². The second-order valence-electron chi connectivity index (χ2n) is 8.45. The first kappa shape index (κ1) is 25.8. The van der Waals surface area contributed by atoms with Gasteiger partial charge in [0.2, 0.25) is 0 Å². The van der Waals surface area contributed by atoms with Gasteiger partial charge in [-0.25, -0.2) is 0 Å². The van der Waals surface area contributed by atoms with E-state index < -0.39 is 40.2 Å². The van der Waals surface area contributed by atoms with Crippen molar-refractivity contribution in [2.45, 2.75) is 38.7 Å². The average molecular weight is 484 g/mol. The van der Waals surface area contributed by atoms with E-state index in [0.29, 0.717) is 17.0 Å². The summed E-state index contributed by atoms with van der Waals surface area (Å²) in [5.74, 6) is -4.00. The number of nitrogens with zero attached hydrogens (tertiary/aromatic N) is 2. The molecule has 35 heavy (non-hydrogen) atoms.